The number of aromatic nitrogens is 1. The van der Waals surface area contributed by atoms with E-state index in [9.17, 15) is 14.4 Å². The Hall–Kier alpha value is -2.11. The number of ether oxygens (including phenoxy) is 1. The van der Waals surface area contributed by atoms with E-state index in [2.05, 4.69) is 4.98 Å². The molecule has 6 heteroatoms. The number of nitrogens with one attached hydrogen (secondary N) is 1. The van der Waals surface area contributed by atoms with Gasteiger partial charge in [0.1, 0.15) is 0 Å². The fraction of sp³-hybridized carbons (Fsp3) is 0.417. The maximum absolute atomic E-state index is 11.9. The molecule has 0 spiro atoms. The van der Waals surface area contributed by atoms with Gasteiger partial charge in [-0.2, -0.15) is 0 Å². The van der Waals surface area contributed by atoms with Gasteiger partial charge in [-0.05, 0) is 13.0 Å². The summed E-state index contributed by atoms with van der Waals surface area (Å²) in [7, 11) is 1.57. The van der Waals surface area contributed by atoms with Crippen molar-refractivity contribution in [1.82, 2.24) is 9.88 Å². The predicted octanol–water partition coefficient (Wildman–Crippen LogP) is 0.400. The van der Waals surface area contributed by atoms with Gasteiger partial charge in [-0.1, -0.05) is 0 Å². The Balaban J connectivity index is 2.57. The topological polar surface area (TPSA) is 79.5 Å². The SMILES string of the molecule is CCOC(=O)CCN(C)C(=O)c1cc[nH]c(=O)c1. The fourth-order valence-corrected chi connectivity index (χ4v) is 1.39. The van der Waals surface area contributed by atoms with E-state index in [1.54, 1.807) is 14.0 Å². The van der Waals surface area contributed by atoms with Gasteiger partial charge in [0.2, 0.25) is 5.56 Å². The summed E-state index contributed by atoms with van der Waals surface area (Å²) in [5, 5.41) is 0. The van der Waals surface area contributed by atoms with Gasteiger partial charge in [-0.15, -0.1) is 0 Å². The Kier molecular flexibility index (Phi) is 5.10. The van der Waals surface area contributed by atoms with Gasteiger partial charge >= 0.3 is 5.97 Å². The molecule has 1 rings (SSSR count). The third-order valence-electron chi connectivity index (χ3n) is 2.33. The van der Waals surface area contributed by atoms with E-state index in [0.717, 1.165) is 0 Å². The number of esters is 1. The maximum Gasteiger partial charge on any atom is 0.307 e. The number of carbonyl (C=O) groups is 2. The standard InChI is InChI=1S/C12H16N2O4/c1-3-18-11(16)5-7-14(2)12(17)9-4-6-13-10(15)8-9/h4,6,8H,3,5,7H2,1-2H3,(H,13,15). The minimum atomic E-state index is -0.344. The molecule has 0 bridgehead atoms. The van der Waals surface area contributed by atoms with E-state index in [4.69, 9.17) is 4.74 Å². The summed E-state index contributed by atoms with van der Waals surface area (Å²) in [6, 6.07) is 2.74. The third kappa shape index (κ3) is 4.04. The Morgan fingerprint density at radius 3 is 2.78 bits per heavy atom. The van der Waals surface area contributed by atoms with Crippen molar-refractivity contribution in [3.05, 3.63) is 34.2 Å². The molecule has 0 unspecified atom stereocenters. The van der Waals surface area contributed by atoms with Crippen molar-refractivity contribution in [2.45, 2.75) is 13.3 Å². The number of amides is 1. The molecule has 0 fully saturated rings. The maximum atomic E-state index is 11.9. The normalized spacial score (nSPS) is 9.89. The van der Waals surface area contributed by atoms with Crippen LogP contribution in [0.4, 0.5) is 0 Å². The van der Waals surface area contributed by atoms with Gasteiger partial charge in [-0.3, -0.25) is 14.4 Å². The summed E-state index contributed by atoms with van der Waals surface area (Å²) in [6.07, 6.45) is 1.55. The highest BCUT2D eigenvalue weighted by atomic mass is 16.5. The molecule has 1 aromatic rings. The average Bonchev–Trinajstić information content (AvgIpc) is 2.35. The zero-order valence-electron chi connectivity index (χ0n) is 10.4. The van der Waals surface area contributed by atoms with Gasteiger partial charge in [-0.25, -0.2) is 0 Å². The minimum Gasteiger partial charge on any atom is -0.466 e. The number of hydrogen-bond acceptors (Lipinski definition) is 4. The Labute approximate surface area is 105 Å². The van der Waals surface area contributed by atoms with Crippen molar-refractivity contribution in [3.63, 3.8) is 0 Å². The molecule has 18 heavy (non-hydrogen) atoms. The Morgan fingerprint density at radius 1 is 1.44 bits per heavy atom. The van der Waals surface area contributed by atoms with Crippen LogP contribution in [0.2, 0.25) is 0 Å². The van der Waals surface area contributed by atoms with Crippen molar-refractivity contribution < 1.29 is 14.3 Å². The van der Waals surface area contributed by atoms with E-state index < -0.39 is 0 Å². The monoisotopic (exact) mass is 252 g/mol. The summed E-state index contributed by atoms with van der Waals surface area (Å²) in [6.45, 7) is 2.30. The highest BCUT2D eigenvalue weighted by Crippen LogP contribution is 2.01. The van der Waals surface area contributed by atoms with Crippen LogP contribution in [0.3, 0.4) is 0 Å². The lowest BCUT2D eigenvalue weighted by atomic mass is 10.2. The van der Waals surface area contributed by atoms with E-state index in [1.165, 1.54) is 23.2 Å². The van der Waals surface area contributed by atoms with Gasteiger partial charge in [0.25, 0.3) is 5.91 Å². The van der Waals surface area contributed by atoms with E-state index in [-0.39, 0.29) is 30.4 Å². The van der Waals surface area contributed by atoms with Crippen LogP contribution in [0.25, 0.3) is 0 Å². The molecular weight excluding hydrogens is 236 g/mol. The third-order valence-corrected chi connectivity index (χ3v) is 2.33. The van der Waals surface area contributed by atoms with Gasteiger partial charge in [0, 0.05) is 31.4 Å². The molecule has 0 aliphatic rings. The summed E-state index contributed by atoms with van der Waals surface area (Å²) in [5.41, 5.74) is -0.0373. The van der Waals surface area contributed by atoms with Crippen LogP contribution in [0, 0.1) is 0 Å². The molecular formula is C12H16N2O4. The smallest absolute Gasteiger partial charge is 0.307 e. The molecule has 1 aromatic heterocycles. The largest absolute Gasteiger partial charge is 0.466 e. The second-order valence-corrected chi connectivity index (χ2v) is 3.72. The first-order chi connectivity index (χ1) is 8.54. The molecule has 0 radical (unpaired) electrons. The molecule has 1 N–H and O–H groups in total. The molecule has 98 valence electrons. The lowest BCUT2D eigenvalue weighted by Gasteiger charge is -2.16. The van der Waals surface area contributed by atoms with Crippen LogP contribution in [-0.4, -0.2) is 42.0 Å². The number of hydrogen-bond donors (Lipinski definition) is 1. The van der Waals surface area contributed by atoms with Crippen LogP contribution >= 0.6 is 0 Å². The first-order valence-corrected chi connectivity index (χ1v) is 5.64. The number of aromatic amines is 1. The average molecular weight is 252 g/mol. The lowest BCUT2D eigenvalue weighted by Crippen LogP contribution is -2.30. The number of H-pyrrole nitrogens is 1. The first kappa shape index (κ1) is 14.0. The first-order valence-electron chi connectivity index (χ1n) is 5.64. The highest BCUT2D eigenvalue weighted by Gasteiger charge is 2.13. The van der Waals surface area contributed by atoms with Crippen molar-refractivity contribution in [2.75, 3.05) is 20.2 Å². The predicted molar refractivity (Wildman–Crippen MR) is 65.3 cm³/mol. The zero-order chi connectivity index (χ0) is 13.5. The molecule has 1 heterocycles. The highest BCUT2D eigenvalue weighted by molar-refractivity contribution is 5.94. The number of nitrogens with zero attached hydrogens (tertiary/aromatic N) is 1. The molecule has 0 aliphatic heterocycles. The van der Waals surface area contributed by atoms with Gasteiger partial charge < -0.3 is 14.6 Å². The van der Waals surface area contributed by atoms with Crippen LogP contribution in [-0.2, 0) is 9.53 Å². The van der Waals surface area contributed by atoms with Crippen LogP contribution in [0.5, 0.6) is 0 Å². The molecule has 0 aliphatic carbocycles. The zero-order valence-corrected chi connectivity index (χ0v) is 10.4. The van der Waals surface area contributed by atoms with Crippen LogP contribution in [0.15, 0.2) is 23.1 Å². The summed E-state index contributed by atoms with van der Waals surface area (Å²) >= 11 is 0. The Morgan fingerprint density at radius 2 is 2.17 bits per heavy atom. The second-order valence-electron chi connectivity index (χ2n) is 3.72. The summed E-state index contributed by atoms with van der Waals surface area (Å²) < 4.78 is 4.76. The van der Waals surface area contributed by atoms with E-state index in [1.807, 2.05) is 0 Å². The number of pyridine rings is 1. The lowest BCUT2D eigenvalue weighted by molar-refractivity contribution is -0.143. The molecule has 0 aromatic carbocycles. The minimum absolute atomic E-state index is 0.138. The van der Waals surface area contributed by atoms with E-state index in [0.29, 0.717) is 12.2 Å². The Bertz CT molecular complexity index is 481. The number of rotatable bonds is 5. The molecule has 0 saturated heterocycles. The van der Waals surface area contributed by atoms with Crippen molar-refractivity contribution in [1.29, 1.82) is 0 Å². The van der Waals surface area contributed by atoms with Crippen molar-refractivity contribution in [2.24, 2.45) is 0 Å². The van der Waals surface area contributed by atoms with Crippen LogP contribution in [0.1, 0.15) is 23.7 Å². The fourth-order valence-electron chi connectivity index (χ4n) is 1.39. The van der Waals surface area contributed by atoms with Crippen molar-refractivity contribution >= 4 is 11.9 Å². The summed E-state index contributed by atoms with van der Waals surface area (Å²) in [5.74, 6) is -0.645. The molecule has 0 saturated carbocycles. The van der Waals surface area contributed by atoms with E-state index >= 15 is 0 Å². The molecule has 6 nitrogen and oxygen atoms in total. The molecule has 0 atom stereocenters. The van der Waals surface area contributed by atoms with Gasteiger partial charge in [0.15, 0.2) is 0 Å². The summed E-state index contributed by atoms with van der Waals surface area (Å²) in [4.78, 5) is 37.9. The number of carbonyl (C=O) groups excluding carboxylic acids is 2. The van der Waals surface area contributed by atoms with Crippen LogP contribution < -0.4 is 5.56 Å². The van der Waals surface area contributed by atoms with Crippen molar-refractivity contribution in [3.8, 4) is 0 Å². The quantitative estimate of drug-likeness (QED) is 0.769. The second kappa shape index (κ2) is 6.58. The van der Waals surface area contributed by atoms with Gasteiger partial charge in [0.05, 0.1) is 13.0 Å². The molecule has 1 amide bonds.